The van der Waals surface area contributed by atoms with Crippen LogP contribution in [-0.4, -0.2) is 6.61 Å². The molecule has 0 saturated carbocycles. The van der Waals surface area contributed by atoms with Gasteiger partial charge in [0.15, 0.2) is 0 Å². The van der Waals surface area contributed by atoms with Crippen molar-refractivity contribution in [2.24, 2.45) is 0 Å². The van der Waals surface area contributed by atoms with Crippen LogP contribution >= 0.6 is 0 Å². The van der Waals surface area contributed by atoms with E-state index < -0.39 is 0 Å². The fourth-order valence-electron chi connectivity index (χ4n) is 1.23. The third-order valence-electron chi connectivity index (χ3n) is 2.16. The van der Waals surface area contributed by atoms with Crippen molar-refractivity contribution in [3.05, 3.63) is 6.61 Å². The molecule has 0 unspecified atom stereocenters. The predicted octanol–water partition coefficient (Wildman–Crippen LogP) is 4.33. The minimum absolute atomic E-state index is 0.908. The minimum Gasteiger partial charge on any atom is -0.376 e. The predicted molar refractivity (Wildman–Crippen MR) is 58.5 cm³/mol. The van der Waals surface area contributed by atoms with Gasteiger partial charge in [0.05, 0.1) is 6.61 Å². The molecule has 0 amide bonds. The number of hydrogen-bond acceptors (Lipinski definition) is 1. The molecule has 0 N–H and O–H groups in total. The number of rotatable bonds is 10. The normalized spacial score (nSPS) is 10.6. The summed E-state index contributed by atoms with van der Waals surface area (Å²) in [5.74, 6) is 0. The van der Waals surface area contributed by atoms with Crippen molar-refractivity contribution < 1.29 is 4.74 Å². The lowest BCUT2D eigenvalue weighted by molar-refractivity contribution is 0.186. The van der Waals surface area contributed by atoms with Crippen LogP contribution in [0.2, 0.25) is 0 Å². The SMILES string of the molecule is CCCCCCC[CH]OCCCC. The van der Waals surface area contributed by atoms with E-state index in [0.29, 0.717) is 0 Å². The van der Waals surface area contributed by atoms with Crippen LogP contribution in [0.4, 0.5) is 0 Å². The summed E-state index contributed by atoms with van der Waals surface area (Å²) in [6.45, 7) is 7.33. The molecular formula is C12H25O. The molecule has 1 nitrogen and oxygen atoms in total. The number of ether oxygens (including phenoxy) is 1. The monoisotopic (exact) mass is 185 g/mol. The summed E-state index contributed by atoms with van der Waals surface area (Å²) in [7, 11) is 0. The maximum atomic E-state index is 5.36. The van der Waals surface area contributed by atoms with Gasteiger partial charge in [-0.25, -0.2) is 0 Å². The topological polar surface area (TPSA) is 9.23 Å². The van der Waals surface area contributed by atoms with E-state index in [1.807, 2.05) is 6.61 Å². The molecule has 0 aromatic heterocycles. The summed E-state index contributed by atoms with van der Waals surface area (Å²) >= 11 is 0. The Bertz CT molecular complexity index is 71.2. The van der Waals surface area contributed by atoms with Crippen LogP contribution in [0.3, 0.4) is 0 Å². The van der Waals surface area contributed by atoms with E-state index >= 15 is 0 Å². The first-order chi connectivity index (χ1) is 6.41. The van der Waals surface area contributed by atoms with Crippen LogP contribution in [0, 0.1) is 6.61 Å². The molecule has 0 aromatic carbocycles. The zero-order chi connectivity index (χ0) is 9.78. The smallest absolute Gasteiger partial charge is 0.0836 e. The first-order valence-corrected chi connectivity index (χ1v) is 5.85. The number of hydrogen-bond donors (Lipinski definition) is 0. The highest BCUT2D eigenvalue weighted by atomic mass is 16.5. The van der Waals surface area contributed by atoms with Crippen molar-refractivity contribution in [1.29, 1.82) is 0 Å². The molecule has 13 heavy (non-hydrogen) atoms. The van der Waals surface area contributed by atoms with Crippen molar-refractivity contribution in [3.63, 3.8) is 0 Å². The molecule has 0 atom stereocenters. The quantitative estimate of drug-likeness (QED) is 0.460. The Balaban J connectivity index is 2.76. The van der Waals surface area contributed by atoms with Gasteiger partial charge in [0.2, 0.25) is 0 Å². The van der Waals surface area contributed by atoms with Crippen molar-refractivity contribution >= 4 is 0 Å². The molecule has 0 heterocycles. The van der Waals surface area contributed by atoms with E-state index in [1.165, 1.54) is 44.9 Å². The van der Waals surface area contributed by atoms with Gasteiger partial charge in [0.25, 0.3) is 0 Å². The van der Waals surface area contributed by atoms with Gasteiger partial charge in [-0.2, -0.15) is 0 Å². The molecular weight excluding hydrogens is 160 g/mol. The van der Waals surface area contributed by atoms with E-state index in [4.69, 9.17) is 4.74 Å². The summed E-state index contributed by atoms with van der Waals surface area (Å²) in [5, 5.41) is 0. The van der Waals surface area contributed by atoms with Crippen LogP contribution in [0.5, 0.6) is 0 Å². The molecule has 0 saturated heterocycles. The molecule has 0 rings (SSSR count). The zero-order valence-corrected chi connectivity index (χ0v) is 9.35. The zero-order valence-electron chi connectivity index (χ0n) is 9.35. The molecule has 1 radical (unpaired) electrons. The van der Waals surface area contributed by atoms with Gasteiger partial charge in [-0.05, 0) is 12.8 Å². The minimum atomic E-state index is 0.908. The fourth-order valence-corrected chi connectivity index (χ4v) is 1.23. The van der Waals surface area contributed by atoms with Gasteiger partial charge in [-0.1, -0.05) is 52.4 Å². The molecule has 79 valence electrons. The first kappa shape index (κ1) is 13.0. The average Bonchev–Trinajstić information content (AvgIpc) is 2.16. The maximum Gasteiger partial charge on any atom is 0.0836 e. The second kappa shape index (κ2) is 12.0. The van der Waals surface area contributed by atoms with Crippen molar-refractivity contribution in [1.82, 2.24) is 0 Å². The summed E-state index contributed by atoms with van der Waals surface area (Å²) in [5.41, 5.74) is 0. The summed E-state index contributed by atoms with van der Waals surface area (Å²) < 4.78 is 5.36. The highest BCUT2D eigenvalue weighted by Gasteiger charge is 1.91. The molecule has 0 bridgehead atoms. The third-order valence-corrected chi connectivity index (χ3v) is 2.16. The van der Waals surface area contributed by atoms with Crippen LogP contribution < -0.4 is 0 Å². The van der Waals surface area contributed by atoms with E-state index in [2.05, 4.69) is 13.8 Å². The standard InChI is InChI=1S/C12H25O/c1-3-5-7-8-9-10-12-13-11-6-4-2/h12H,3-11H2,1-2H3. The molecule has 0 aliphatic heterocycles. The Morgan fingerprint density at radius 2 is 1.54 bits per heavy atom. The molecule has 0 aliphatic carbocycles. The Hall–Kier alpha value is -0.0400. The molecule has 0 aliphatic rings. The number of unbranched alkanes of at least 4 members (excludes halogenated alkanes) is 6. The Morgan fingerprint density at radius 1 is 0.846 bits per heavy atom. The van der Waals surface area contributed by atoms with E-state index in [-0.39, 0.29) is 0 Å². The van der Waals surface area contributed by atoms with Gasteiger partial charge >= 0.3 is 0 Å². The Morgan fingerprint density at radius 3 is 2.23 bits per heavy atom. The van der Waals surface area contributed by atoms with Crippen LogP contribution in [0.1, 0.15) is 65.2 Å². The lowest BCUT2D eigenvalue weighted by atomic mass is 10.1. The highest BCUT2D eigenvalue weighted by molar-refractivity contribution is 4.52. The van der Waals surface area contributed by atoms with Gasteiger partial charge in [0, 0.05) is 6.61 Å². The molecule has 0 fully saturated rings. The summed E-state index contributed by atoms with van der Waals surface area (Å²) in [4.78, 5) is 0. The van der Waals surface area contributed by atoms with Crippen molar-refractivity contribution in [2.45, 2.75) is 65.2 Å². The lowest BCUT2D eigenvalue weighted by Crippen LogP contribution is -1.91. The maximum absolute atomic E-state index is 5.36. The Labute approximate surface area is 83.9 Å². The van der Waals surface area contributed by atoms with Crippen molar-refractivity contribution in [2.75, 3.05) is 6.61 Å². The van der Waals surface area contributed by atoms with Crippen LogP contribution in [0.15, 0.2) is 0 Å². The fraction of sp³-hybridized carbons (Fsp3) is 0.917. The highest BCUT2D eigenvalue weighted by Crippen LogP contribution is 2.06. The van der Waals surface area contributed by atoms with Crippen LogP contribution in [0.25, 0.3) is 0 Å². The molecule has 1 heteroatoms. The second-order valence-corrected chi connectivity index (χ2v) is 3.59. The largest absolute Gasteiger partial charge is 0.376 e. The summed E-state index contributed by atoms with van der Waals surface area (Å²) in [6, 6.07) is 0. The average molecular weight is 185 g/mol. The van der Waals surface area contributed by atoms with Gasteiger partial charge in [-0.3, -0.25) is 0 Å². The lowest BCUT2D eigenvalue weighted by Gasteiger charge is -2.02. The molecule has 0 spiro atoms. The summed E-state index contributed by atoms with van der Waals surface area (Å²) in [6.07, 6.45) is 10.3. The van der Waals surface area contributed by atoms with Gasteiger partial charge < -0.3 is 4.74 Å². The Kier molecular flexibility index (Phi) is 11.9. The van der Waals surface area contributed by atoms with E-state index in [1.54, 1.807) is 0 Å². The van der Waals surface area contributed by atoms with E-state index in [9.17, 15) is 0 Å². The van der Waals surface area contributed by atoms with Gasteiger partial charge in [0.1, 0.15) is 0 Å². The van der Waals surface area contributed by atoms with E-state index in [0.717, 1.165) is 13.0 Å². The van der Waals surface area contributed by atoms with Crippen molar-refractivity contribution in [3.8, 4) is 0 Å². The third kappa shape index (κ3) is 12.0. The molecule has 0 aromatic rings. The first-order valence-electron chi connectivity index (χ1n) is 5.85. The van der Waals surface area contributed by atoms with Gasteiger partial charge in [-0.15, -0.1) is 0 Å². The second-order valence-electron chi connectivity index (χ2n) is 3.59. The van der Waals surface area contributed by atoms with Crippen LogP contribution in [-0.2, 0) is 4.74 Å².